The zero-order valence-electron chi connectivity index (χ0n) is 5.30. The third-order valence-corrected chi connectivity index (χ3v) is 2.62. The highest BCUT2D eigenvalue weighted by Gasteiger charge is 2.08. The van der Waals surface area contributed by atoms with Crippen LogP contribution in [0.3, 0.4) is 0 Å². The van der Waals surface area contributed by atoms with Crippen LogP contribution in [0.15, 0.2) is 4.60 Å². The first kappa shape index (κ1) is 8.04. The third-order valence-electron chi connectivity index (χ3n) is 1.22. The molecular weight excluding hydrogens is 219 g/mol. The normalized spacial score (nSPS) is 10.4. The fourth-order valence-electron chi connectivity index (χ4n) is 0.628. The van der Waals surface area contributed by atoms with E-state index in [1.165, 1.54) is 0 Å². The molecule has 1 aromatic heterocycles. The van der Waals surface area contributed by atoms with Crippen LogP contribution in [-0.2, 0) is 13.7 Å². The van der Waals surface area contributed by atoms with Gasteiger partial charge in [0.15, 0.2) is 5.15 Å². The molecule has 0 aliphatic heterocycles. The smallest absolute Gasteiger partial charge is 0.162 e. The van der Waals surface area contributed by atoms with Gasteiger partial charge in [-0.05, 0) is 15.9 Å². The van der Waals surface area contributed by atoms with Crippen molar-refractivity contribution >= 4 is 27.5 Å². The fourth-order valence-corrected chi connectivity index (χ4v) is 1.15. The largest absolute Gasteiger partial charge is 0.388 e. The average Bonchev–Trinajstić information content (AvgIpc) is 2.17. The van der Waals surface area contributed by atoms with Gasteiger partial charge < -0.3 is 9.67 Å². The lowest BCUT2D eigenvalue weighted by Gasteiger charge is -1.95. The number of hydrogen-bond acceptors (Lipinski definition) is 2. The van der Waals surface area contributed by atoms with E-state index in [1.54, 1.807) is 11.6 Å². The molecule has 0 spiro atoms. The van der Waals surface area contributed by atoms with Crippen LogP contribution in [0.5, 0.6) is 0 Å². The molecule has 1 rings (SSSR count). The Bertz CT molecular complexity index is 248. The third kappa shape index (κ3) is 1.19. The Kier molecular flexibility index (Phi) is 2.33. The van der Waals surface area contributed by atoms with Gasteiger partial charge in [0.1, 0.15) is 17.0 Å². The van der Waals surface area contributed by atoms with Crippen LogP contribution in [-0.4, -0.2) is 14.7 Å². The van der Waals surface area contributed by atoms with Crippen molar-refractivity contribution in [1.82, 2.24) is 9.55 Å². The number of nitrogens with zero attached hydrogens (tertiary/aromatic N) is 2. The quantitative estimate of drug-likeness (QED) is 0.783. The Hall–Kier alpha value is -0.0600. The van der Waals surface area contributed by atoms with Gasteiger partial charge in [-0.3, -0.25) is 0 Å². The maximum Gasteiger partial charge on any atom is 0.162 e. The monoisotopic (exact) mass is 224 g/mol. The first-order chi connectivity index (χ1) is 4.66. The Morgan fingerprint density at radius 1 is 1.80 bits per heavy atom. The van der Waals surface area contributed by atoms with Crippen molar-refractivity contribution in [3.8, 4) is 0 Å². The van der Waals surface area contributed by atoms with E-state index in [2.05, 4.69) is 20.9 Å². The molecule has 0 amide bonds. The van der Waals surface area contributed by atoms with E-state index >= 15 is 0 Å². The van der Waals surface area contributed by atoms with Crippen molar-refractivity contribution in [2.24, 2.45) is 7.05 Å². The molecular formula is C5H6BrClN2O. The summed E-state index contributed by atoms with van der Waals surface area (Å²) in [5.74, 6) is 0.553. The maximum absolute atomic E-state index is 8.69. The van der Waals surface area contributed by atoms with E-state index in [0.29, 0.717) is 15.6 Å². The van der Waals surface area contributed by atoms with Gasteiger partial charge in [-0.2, -0.15) is 0 Å². The van der Waals surface area contributed by atoms with Crippen molar-refractivity contribution in [3.63, 3.8) is 0 Å². The van der Waals surface area contributed by atoms with Crippen LogP contribution < -0.4 is 0 Å². The van der Waals surface area contributed by atoms with Gasteiger partial charge in [0.2, 0.25) is 0 Å². The van der Waals surface area contributed by atoms with Gasteiger partial charge >= 0.3 is 0 Å². The molecule has 0 atom stereocenters. The number of aromatic nitrogens is 2. The van der Waals surface area contributed by atoms with E-state index in [0.717, 1.165) is 0 Å². The summed E-state index contributed by atoms with van der Waals surface area (Å²) in [6, 6.07) is 0. The van der Waals surface area contributed by atoms with Crippen LogP contribution in [0.4, 0.5) is 0 Å². The second-order valence-corrected chi connectivity index (χ2v) is 2.94. The highest BCUT2D eigenvalue weighted by atomic mass is 79.9. The van der Waals surface area contributed by atoms with Crippen LogP contribution in [0, 0.1) is 0 Å². The number of aliphatic hydroxyl groups excluding tert-OH is 1. The topological polar surface area (TPSA) is 38.0 Å². The number of aliphatic hydroxyl groups is 1. The summed E-state index contributed by atoms with van der Waals surface area (Å²) >= 11 is 8.82. The maximum atomic E-state index is 8.69. The number of imidazole rings is 1. The second kappa shape index (κ2) is 2.90. The predicted molar refractivity (Wildman–Crippen MR) is 41.8 cm³/mol. The van der Waals surface area contributed by atoms with E-state index in [-0.39, 0.29) is 6.61 Å². The Balaban J connectivity index is 3.17. The summed E-state index contributed by atoms with van der Waals surface area (Å²) in [5, 5.41) is 9.07. The van der Waals surface area contributed by atoms with Gasteiger partial charge in [-0.1, -0.05) is 11.6 Å². The number of hydrogen-bond donors (Lipinski definition) is 1. The number of rotatable bonds is 1. The molecule has 0 unspecified atom stereocenters. The first-order valence-electron chi connectivity index (χ1n) is 2.64. The SMILES string of the molecule is Cn1c(CO)nc(Cl)c1Br. The van der Waals surface area contributed by atoms with Crippen molar-refractivity contribution in [2.45, 2.75) is 6.61 Å². The molecule has 0 aliphatic carbocycles. The molecule has 1 N–H and O–H groups in total. The zero-order valence-corrected chi connectivity index (χ0v) is 7.65. The van der Waals surface area contributed by atoms with Crippen LogP contribution in [0.2, 0.25) is 5.15 Å². The lowest BCUT2D eigenvalue weighted by Crippen LogP contribution is -1.96. The van der Waals surface area contributed by atoms with Gasteiger partial charge in [-0.25, -0.2) is 4.98 Å². The molecule has 0 fully saturated rings. The molecule has 0 aromatic carbocycles. The molecule has 0 aliphatic rings. The standard InChI is InChI=1S/C5H6BrClN2O/c1-9-3(2-10)8-5(7)4(9)6/h10H,2H2,1H3. The zero-order chi connectivity index (χ0) is 7.72. The molecule has 10 heavy (non-hydrogen) atoms. The Morgan fingerprint density at radius 3 is 2.60 bits per heavy atom. The Labute approximate surface area is 71.8 Å². The highest BCUT2D eigenvalue weighted by Crippen LogP contribution is 2.21. The van der Waals surface area contributed by atoms with Crippen LogP contribution in [0.25, 0.3) is 0 Å². The fraction of sp³-hybridized carbons (Fsp3) is 0.400. The van der Waals surface area contributed by atoms with Crippen molar-refractivity contribution in [3.05, 3.63) is 15.6 Å². The number of halogens is 2. The predicted octanol–water partition coefficient (Wildman–Crippen LogP) is 1.33. The van der Waals surface area contributed by atoms with E-state index < -0.39 is 0 Å². The minimum absolute atomic E-state index is 0.0954. The average molecular weight is 225 g/mol. The molecule has 0 bridgehead atoms. The second-order valence-electron chi connectivity index (χ2n) is 1.83. The molecule has 1 aromatic rings. The highest BCUT2D eigenvalue weighted by molar-refractivity contribution is 9.10. The minimum atomic E-state index is -0.0954. The molecule has 56 valence electrons. The summed E-state index contributed by atoms with van der Waals surface area (Å²) in [7, 11) is 1.77. The Morgan fingerprint density at radius 2 is 2.40 bits per heavy atom. The van der Waals surface area contributed by atoms with Crippen LogP contribution >= 0.6 is 27.5 Å². The van der Waals surface area contributed by atoms with Gasteiger partial charge in [-0.15, -0.1) is 0 Å². The molecule has 0 radical (unpaired) electrons. The lowest BCUT2D eigenvalue weighted by molar-refractivity contribution is 0.267. The first-order valence-corrected chi connectivity index (χ1v) is 3.81. The molecule has 5 heteroatoms. The minimum Gasteiger partial charge on any atom is -0.388 e. The molecule has 1 heterocycles. The van der Waals surface area contributed by atoms with Crippen molar-refractivity contribution in [2.75, 3.05) is 0 Å². The molecule has 3 nitrogen and oxygen atoms in total. The van der Waals surface area contributed by atoms with E-state index in [4.69, 9.17) is 16.7 Å². The van der Waals surface area contributed by atoms with Crippen molar-refractivity contribution in [1.29, 1.82) is 0 Å². The van der Waals surface area contributed by atoms with Gasteiger partial charge in [0, 0.05) is 7.05 Å². The lowest BCUT2D eigenvalue weighted by atomic mass is 10.6. The van der Waals surface area contributed by atoms with E-state index in [9.17, 15) is 0 Å². The summed E-state index contributed by atoms with van der Waals surface area (Å²) in [6.45, 7) is -0.0954. The van der Waals surface area contributed by atoms with E-state index in [1.807, 2.05) is 0 Å². The van der Waals surface area contributed by atoms with Gasteiger partial charge in [0.25, 0.3) is 0 Å². The summed E-state index contributed by atoms with van der Waals surface area (Å²) in [6.07, 6.45) is 0. The van der Waals surface area contributed by atoms with Crippen LogP contribution in [0.1, 0.15) is 5.82 Å². The van der Waals surface area contributed by atoms with Gasteiger partial charge in [0.05, 0.1) is 0 Å². The summed E-state index contributed by atoms with van der Waals surface area (Å²) in [5.41, 5.74) is 0. The molecule has 0 saturated heterocycles. The summed E-state index contributed by atoms with van der Waals surface area (Å²) < 4.78 is 2.38. The molecule has 0 saturated carbocycles. The van der Waals surface area contributed by atoms with Crippen molar-refractivity contribution < 1.29 is 5.11 Å². The summed E-state index contributed by atoms with van der Waals surface area (Å²) in [4.78, 5) is 3.86.